The Morgan fingerprint density at radius 1 is 1.45 bits per heavy atom. The predicted octanol–water partition coefficient (Wildman–Crippen LogP) is 2.44. The standard InChI is InChI=1S/C10H20O/c1-7(2)10(4)6-8(3)5-9(10)11/h7-9,11H,5-6H2,1-4H3. The molecule has 0 aromatic heterocycles. The van der Waals surface area contributed by atoms with Gasteiger partial charge in [0, 0.05) is 0 Å². The molecular formula is C10H20O. The van der Waals surface area contributed by atoms with Crippen LogP contribution in [0.4, 0.5) is 0 Å². The SMILES string of the molecule is CC1CC(O)C(C)(C(C)C)C1. The molecule has 0 amide bonds. The average molecular weight is 156 g/mol. The Morgan fingerprint density at radius 2 is 2.00 bits per heavy atom. The molecule has 0 spiro atoms. The summed E-state index contributed by atoms with van der Waals surface area (Å²) < 4.78 is 0. The van der Waals surface area contributed by atoms with Gasteiger partial charge in [-0.3, -0.25) is 0 Å². The normalized spacial score (nSPS) is 45.3. The van der Waals surface area contributed by atoms with Crippen molar-refractivity contribution in [1.29, 1.82) is 0 Å². The van der Waals surface area contributed by atoms with Crippen LogP contribution in [0.25, 0.3) is 0 Å². The molecule has 1 rings (SSSR count). The van der Waals surface area contributed by atoms with Crippen LogP contribution in [-0.2, 0) is 0 Å². The molecule has 66 valence electrons. The summed E-state index contributed by atoms with van der Waals surface area (Å²) in [7, 11) is 0. The molecule has 3 unspecified atom stereocenters. The molecule has 1 aliphatic rings. The van der Waals surface area contributed by atoms with Crippen LogP contribution in [0.2, 0.25) is 0 Å². The Balaban J connectivity index is 2.71. The van der Waals surface area contributed by atoms with Crippen LogP contribution in [0, 0.1) is 17.3 Å². The number of hydrogen-bond acceptors (Lipinski definition) is 1. The van der Waals surface area contributed by atoms with Crippen molar-refractivity contribution in [2.24, 2.45) is 17.3 Å². The molecule has 0 saturated heterocycles. The molecule has 0 aromatic rings. The Hall–Kier alpha value is -0.0400. The van der Waals surface area contributed by atoms with Gasteiger partial charge in [-0.25, -0.2) is 0 Å². The van der Waals surface area contributed by atoms with Gasteiger partial charge >= 0.3 is 0 Å². The summed E-state index contributed by atoms with van der Waals surface area (Å²) in [5.41, 5.74) is 0.180. The van der Waals surface area contributed by atoms with E-state index in [0.29, 0.717) is 11.8 Å². The lowest BCUT2D eigenvalue weighted by Crippen LogP contribution is -2.31. The Kier molecular flexibility index (Phi) is 2.29. The summed E-state index contributed by atoms with van der Waals surface area (Å²) >= 11 is 0. The predicted molar refractivity (Wildman–Crippen MR) is 47.3 cm³/mol. The van der Waals surface area contributed by atoms with Gasteiger partial charge in [0.2, 0.25) is 0 Å². The molecule has 1 N–H and O–H groups in total. The van der Waals surface area contributed by atoms with E-state index in [1.807, 2.05) is 0 Å². The highest BCUT2D eigenvalue weighted by atomic mass is 16.3. The van der Waals surface area contributed by atoms with Crippen LogP contribution in [0.1, 0.15) is 40.5 Å². The largest absolute Gasteiger partial charge is 0.393 e. The zero-order chi connectivity index (χ0) is 8.65. The van der Waals surface area contributed by atoms with E-state index < -0.39 is 0 Å². The first-order chi connectivity index (χ1) is 4.97. The third-order valence-corrected chi connectivity index (χ3v) is 3.49. The minimum atomic E-state index is -0.0718. The lowest BCUT2D eigenvalue weighted by atomic mass is 9.75. The van der Waals surface area contributed by atoms with Crippen LogP contribution in [0.15, 0.2) is 0 Å². The van der Waals surface area contributed by atoms with Gasteiger partial charge in [-0.15, -0.1) is 0 Å². The first-order valence-corrected chi connectivity index (χ1v) is 4.65. The Labute approximate surface area is 69.8 Å². The molecule has 0 radical (unpaired) electrons. The van der Waals surface area contributed by atoms with Gasteiger partial charge in [-0.1, -0.05) is 27.7 Å². The number of rotatable bonds is 1. The van der Waals surface area contributed by atoms with Crippen molar-refractivity contribution in [2.45, 2.75) is 46.6 Å². The van der Waals surface area contributed by atoms with Gasteiger partial charge in [0.15, 0.2) is 0 Å². The fourth-order valence-corrected chi connectivity index (χ4v) is 2.24. The van der Waals surface area contributed by atoms with E-state index in [1.165, 1.54) is 6.42 Å². The first-order valence-electron chi connectivity index (χ1n) is 4.65. The van der Waals surface area contributed by atoms with Crippen molar-refractivity contribution < 1.29 is 5.11 Å². The van der Waals surface area contributed by atoms with E-state index in [-0.39, 0.29) is 11.5 Å². The average Bonchev–Trinajstić information content (AvgIpc) is 2.08. The van der Waals surface area contributed by atoms with Crippen LogP contribution >= 0.6 is 0 Å². The highest BCUT2D eigenvalue weighted by Gasteiger charge is 2.43. The fraction of sp³-hybridized carbons (Fsp3) is 1.00. The number of hydrogen-bond donors (Lipinski definition) is 1. The second kappa shape index (κ2) is 2.78. The zero-order valence-corrected chi connectivity index (χ0v) is 8.09. The summed E-state index contributed by atoms with van der Waals surface area (Å²) in [6.45, 7) is 8.87. The third-order valence-electron chi connectivity index (χ3n) is 3.49. The topological polar surface area (TPSA) is 20.2 Å². The van der Waals surface area contributed by atoms with E-state index in [2.05, 4.69) is 27.7 Å². The second-order valence-electron chi connectivity index (χ2n) is 4.72. The van der Waals surface area contributed by atoms with E-state index in [9.17, 15) is 5.11 Å². The van der Waals surface area contributed by atoms with E-state index in [4.69, 9.17) is 0 Å². The van der Waals surface area contributed by atoms with Gasteiger partial charge in [0.05, 0.1) is 6.10 Å². The molecule has 1 saturated carbocycles. The lowest BCUT2D eigenvalue weighted by molar-refractivity contribution is 0.0316. The lowest BCUT2D eigenvalue weighted by Gasteiger charge is -2.32. The van der Waals surface area contributed by atoms with Crippen LogP contribution < -0.4 is 0 Å². The summed E-state index contributed by atoms with van der Waals surface area (Å²) in [4.78, 5) is 0. The van der Waals surface area contributed by atoms with Crippen LogP contribution in [-0.4, -0.2) is 11.2 Å². The van der Waals surface area contributed by atoms with Gasteiger partial charge in [-0.05, 0) is 30.1 Å². The molecule has 0 bridgehead atoms. The molecule has 1 fully saturated rings. The summed E-state index contributed by atoms with van der Waals surface area (Å²) in [6, 6.07) is 0. The highest BCUT2D eigenvalue weighted by molar-refractivity contribution is 4.93. The molecule has 11 heavy (non-hydrogen) atoms. The Morgan fingerprint density at radius 3 is 2.18 bits per heavy atom. The number of aliphatic hydroxyl groups is 1. The quantitative estimate of drug-likeness (QED) is 0.618. The molecule has 0 aromatic carbocycles. The maximum atomic E-state index is 9.79. The van der Waals surface area contributed by atoms with Crippen molar-refractivity contribution in [1.82, 2.24) is 0 Å². The molecular weight excluding hydrogens is 136 g/mol. The van der Waals surface area contributed by atoms with Crippen LogP contribution in [0.5, 0.6) is 0 Å². The second-order valence-corrected chi connectivity index (χ2v) is 4.72. The van der Waals surface area contributed by atoms with Gasteiger partial charge in [0.1, 0.15) is 0 Å². The molecule has 3 atom stereocenters. The first kappa shape index (κ1) is 9.05. The van der Waals surface area contributed by atoms with Crippen molar-refractivity contribution in [2.75, 3.05) is 0 Å². The summed E-state index contributed by atoms with van der Waals surface area (Å²) in [6.07, 6.45) is 2.11. The van der Waals surface area contributed by atoms with Crippen molar-refractivity contribution in [3.05, 3.63) is 0 Å². The van der Waals surface area contributed by atoms with Gasteiger partial charge in [-0.2, -0.15) is 0 Å². The van der Waals surface area contributed by atoms with Gasteiger partial charge in [0.25, 0.3) is 0 Å². The third kappa shape index (κ3) is 1.44. The van der Waals surface area contributed by atoms with E-state index in [0.717, 1.165) is 6.42 Å². The zero-order valence-electron chi connectivity index (χ0n) is 8.09. The van der Waals surface area contributed by atoms with Crippen molar-refractivity contribution >= 4 is 0 Å². The minimum absolute atomic E-state index is 0.0718. The van der Waals surface area contributed by atoms with Crippen LogP contribution in [0.3, 0.4) is 0 Å². The molecule has 0 aliphatic heterocycles. The molecule has 1 nitrogen and oxygen atoms in total. The van der Waals surface area contributed by atoms with Gasteiger partial charge < -0.3 is 5.11 Å². The summed E-state index contributed by atoms with van der Waals surface area (Å²) in [5.74, 6) is 1.31. The maximum absolute atomic E-state index is 9.79. The highest BCUT2D eigenvalue weighted by Crippen LogP contribution is 2.46. The smallest absolute Gasteiger partial charge is 0.0598 e. The van der Waals surface area contributed by atoms with E-state index >= 15 is 0 Å². The molecule has 1 heteroatoms. The molecule has 0 heterocycles. The summed E-state index contributed by atoms with van der Waals surface area (Å²) in [5, 5.41) is 9.79. The Bertz CT molecular complexity index is 142. The van der Waals surface area contributed by atoms with Crippen molar-refractivity contribution in [3.63, 3.8) is 0 Å². The monoisotopic (exact) mass is 156 g/mol. The molecule has 1 aliphatic carbocycles. The van der Waals surface area contributed by atoms with Crippen molar-refractivity contribution in [3.8, 4) is 0 Å². The number of aliphatic hydroxyl groups excluding tert-OH is 1. The maximum Gasteiger partial charge on any atom is 0.0598 e. The fourth-order valence-electron chi connectivity index (χ4n) is 2.24. The van der Waals surface area contributed by atoms with E-state index in [1.54, 1.807) is 0 Å². The minimum Gasteiger partial charge on any atom is -0.393 e.